The molecule has 3 aromatic rings. The number of aromatic nitrogens is 4. The highest BCUT2D eigenvalue weighted by atomic mass is 16.1. The standard InChI is InChI=1S/C17H18N6O/c24-16-12-20-23(15-5-2-1-4-14(15)16)13-21-8-10-22(11-9-21)17-18-6-3-7-19-17/h1-7,12H,8-11,13H2. The topological polar surface area (TPSA) is 67.2 Å². The number of para-hydroxylation sites is 1. The van der Waals surface area contributed by atoms with E-state index in [2.05, 4.69) is 24.9 Å². The first-order chi connectivity index (χ1) is 11.8. The molecular weight excluding hydrogens is 304 g/mol. The predicted molar refractivity (Wildman–Crippen MR) is 91.8 cm³/mol. The third-order valence-electron chi connectivity index (χ3n) is 4.30. The molecular formula is C17H18N6O. The van der Waals surface area contributed by atoms with Gasteiger partial charge < -0.3 is 4.90 Å². The van der Waals surface area contributed by atoms with Crippen LogP contribution in [-0.2, 0) is 6.67 Å². The molecule has 0 bridgehead atoms. The van der Waals surface area contributed by atoms with Crippen LogP contribution in [0.25, 0.3) is 10.9 Å². The second-order valence-electron chi connectivity index (χ2n) is 5.82. The Morgan fingerprint density at radius 2 is 1.71 bits per heavy atom. The van der Waals surface area contributed by atoms with Crippen LogP contribution < -0.4 is 10.3 Å². The summed E-state index contributed by atoms with van der Waals surface area (Å²) in [5, 5.41) is 5.01. The van der Waals surface area contributed by atoms with Gasteiger partial charge in [-0.2, -0.15) is 5.10 Å². The highest BCUT2D eigenvalue weighted by molar-refractivity contribution is 5.77. The molecule has 0 amide bonds. The van der Waals surface area contributed by atoms with E-state index in [9.17, 15) is 4.79 Å². The van der Waals surface area contributed by atoms with Crippen molar-refractivity contribution in [2.75, 3.05) is 31.1 Å². The third kappa shape index (κ3) is 2.85. The van der Waals surface area contributed by atoms with E-state index < -0.39 is 0 Å². The molecule has 2 aromatic heterocycles. The maximum absolute atomic E-state index is 11.9. The number of anilines is 1. The van der Waals surface area contributed by atoms with Gasteiger partial charge in [0.05, 0.1) is 18.4 Å². The number of rotatable bonds is 3. The highest BCUT2D eigenvalue weighted by Crippen LogP contribution is 2.12. The SMILES string of the molecule is O=c1cnn(CN2CCN(c3ncccn3)CC2)c2ccccc12. The van der Waals surface area contributed by atoms with Gasteiger partial charge in [0.2, 0.25) is 11.4 Å². The minimum absolute atomic E-state index is 0.0344. The van der Waals surface area contributed by atoms with E-state index in [1.807, 2.05) is 35.0 Å². The molecule has 1 saturated heterocycles. The lowest BCUT2D eigenvalue weighted by Crippen LogP contribution is -2.47. The molecule has 0 unspecified atom stereocenters. The zero-order valence-corrected chi connectivity index (χ0v) is 13.2. The Morgan fingerprint density at radius 1 is 0.958 bits per heavy atom. The molecule has 0 atom stereocenters. The Labute approximate surface area is 139 Å². The molecule has 0 spiro atoms. The number of piperazine rings is 1. The molecule has 0 radical (unpaired) electrons. The van der Waals surface area contributed by atoms with E-state index in [4.69, 9.17) is 0 Å². The average molecular weight is 322 g/mol. The Morgan fingerprint density at radius 3 is 2.50 bits per heavy atom. The monoisotopic (exact) mass is 322 g/mol. The largest absolute Gasteiger partial charge is 0.338 e. The van der Waals surface area contributed by atoms with Gasteiger partial charge in [-0.15, -0.1) is 0 Å². The van der Waals surface area contributed by atoms with Crippen molar-refractivity contribution >= 4 is 16.9 Å². The minimum atomic E-state index is -0.0344. The molecule has 1 fully saturated rings. The fourth-order valence-corrected chi connectivity index (χ4v) is 3.01. The van der Waals surface area contributed by atoms with Crippen LogP contribution in [0.5, 0.6) is 0 Å². The van der Waals surface area contributed by atoms with Crippen LogP contribution in [0.2, 0.25) is 0 Å². The summed E-state index contributed by atoms with van der Waals surface area (Å²) in [4.78, 5) is 25.0. The van der Waals surface area contributed by atoms with Crippen molar-refractivity contribution in [2.24, 2.45) is 0 Å². The maximum Gasteiger partial charge on any atom is 0.225 e. The van der Waals surface area contributed by atoms with E-state index in [-0.39, 0.29) is 5.43 Å². The summed E-state index contributed by atoms with van der Waals surface area (Å²) in [6.07, 6.45) is 4.94. The second-order valence-corrected chi connectivity index (χ2v) is 5.82. The summed E-state index contributed by atoms with van der Waals surface area (Å²) < 4.78 is 1.89. The first-order valence-electron chi connectivity index (χ1n) is 8.00. The predicted octanol–water partition coefficient (Wildman–Crippen LogP) is 0.966. The maximum atomic E-state index is 11.9. The molecule has 3 heterocycles. The number of hydrogen-bond donors (Lipinski definition) is 0. The summed E-state index contributed by atoms with van der Waals surface area (Å²) >= 11 is 0. The van der Waals surface area contributed by atoms with E-state index in [0.717, 1.165) is 37.6 Å². The van der Waals surface area contributed by atoms with Crippen molar-refractivity contribution < 1.29 is 0 Å². The van der Waals surface area contributed by atoms with Crippen LogP contribution in [-0.4, -0.2) is 50.8 Å². The molecule has 0 N–H and O–H groups in total. The molecule has 7 nitrogen and oxygen atoms in total. The van der Waals surface area contributed by atoms with E-state index in [1.165, 1.54) is 6.20 Å². The number of benzene rings is 1. The van der Waals surface area contributed by atoms with Crippen molar-refractivity contribution in [3.63, 3.8) is 0 Å². The molecule has 24 heavy (non-hydrogen) atoms. The van der Waals surface area contributed by atoms with Crippen molar-refractivity contribution in [3.8, 4) is 0 Å². The van der Waals surface area contributed by atoms with Crippen molar-refractivity contribution in [1.82, 2.24) is 24.6 Å². The van der Waals surface area contributed by atoms with Crippen molar-refractivity contribution in [1.29, 1.82) is 0 Å². The molecule has 0 aliphatic carbocycles. The van der Waals surface area contributed by atoms with Gasteiger partial charge in [-0.25, -0.2) is 9.97 Å². The third-order valence-corrected chi connectivity index (χ3v) is 4.30. The summed E-state index contributed by atoms with van der Waals surface area (Å²) in [6, 6.07) is 9.43. The van der Waals surface area contributed by atoms with Gasteiger partial charge >= 0.3 is 0 Å². The van der Waals surface area contributed by atoms with Crippen LogP contribution in [0.4, 0.5) is 5.95 Å². The quantitative estimate of drug-likeness (QED) is 0.716. The Hall–Kier alpha value is -2.80. The van der Waals surface area contributed by atoms with E-state index in [1.54, 1.807) is 12.4 Å². The lowest BCUT2D eigenvalue weighted by Gasteiger charge is -2.34. The second kappa shape index (κ2) is 6.37. The lowest BCUT2D eigenvalue weighted by molar-refractivity contribution is 0.197. The molecule has 1 aromatic carbocycles. The Kier molecular flexibility index (Phi) is 3.92. The van der Waals surface area contributed by atoms with Gasteiger partial charge in [-0.05, 0) is 18.2 Å². The van der Waals surface area contributed by atoms with Crippen LogP contribution >= 0.6 is 0 Å². The summed E-state index contributed by atoms with van der Waals surface area (Å²) in [6.45, 7) is 4.23. The molecule has 7 heteroatoms. The Balaban J connectivity index is 1.48. The lowest BCUT2D eigenvalue weighted by atomic mass is 10.2. The zero-order valence-electron chi connectivity index (χ0n) is 13.2. The molecule has 1 aliphatic heterocycles. The van der Waals surface area contributed by atoms with Crippen molar-refractivity contribution in [2.45, 2.75) is 6.67 Å². The molecule has 122 valence electrons. The van der Waals surface area contributed by atoms with Gasteiger partial charge in [-0.1, -0.05) is 12.1 Å². The van der Waals surface area contributed by atoms with Crippen molar-refractivity contribution in [3.05, 3.63) is 59.1 Å². The summed E-state index contributed by atoms with van der Waals surface area (Å²) in [5.74, 6) is 0.782. The minimum Gasteiger partial charge on any atom is -0.338 e. The first kappa shape index (κ1) is 14.8. The number of nitrogens with zero attached hydrogens (tertiary/aromatic N) is 6. The normalized spacial score (nSPS) is 15.8. The van der Waals surface area contributed by atoms with E-state index >= 15 is 0 Å². The van der Waals surface area contributed by atoms with Gasteiger partial charge in [0, 0.05) is 44.0 Å². The van der Waals surface area contributed by atoms with Gasteiger partial charge in [-0.3, -0.25) is 14.4 Å². The Bertz CT molecular complexity index is 886. The summed E-state index contributed by atoms with van der Waals surface area (Å²) in [7, 11) is 0. The van der Waals surface area contributed by atoms with Gasteiger partial charge in [0.25, 0.3) is 0 Å². The number of fused-ring (bicyclic) bond motifs is 1. The van der Waals surface area contributed by atoms with Crippen LogP contribution in [0.1, 0.15) is 0 Å². The van der Waals surface area contributed by atoms with Crippen LogP contribution in [0, 0.1) is 0 Å². The van der Waals surface area contributed by atoms with Gasteiger partial charge in [0.15, 0.2) is 0 Å². The van der Waals surface area contributed by atoms with Crippen LogP contribution in [0.15, 0.2) is 53.7 Å². The van der Waals surface area contributed by atoms with E-state index in [0.29, 0.717) is 12.1 Å². The van der Waals surface area contributed by atoms with Crippen LogP contribution in [0.3, 0.4) is 0 Å². The molecule has 1 aliphatic rings. The summed E-state index contributed by atoms with van der Waals surface area (Å²) in [5.41, 5.74) is 0.840. The zero-order chi connectivity index (χ0) is 16.4. The fraction of sp³-hybridized carbons (Fsp3) is 0.294. The smallest absolute Gasteiger partial charge is 0.225 e. The molecule has 4 rings (SSSR count). The highest BCUT2D eigenvalue weighted by Gasteiger charge is 2.19. The number of hydrogen-bond acceptors (Lipinski definition) is 6. The van der Waals surface area contributed by atoms with Gasteiger partial charge in [0.1, 0.15) is 0 Å². The average Bonchev–Trinajstić information content (AvgIpc) is 2.66. The first-order valence-corrected chi connectivity index (χ1v) is 8.00. The fourth-order valence-electron chi connectivity index (χ4n) is 3.01. The molecule has 0 saturated carbocycles.